The molecule has 1 aliphatic carbocycles. The van der Waals surface area contributed by atoms with Gasteiger partial charge < -0.3 is 9.47 Å². The number of para-hydroxylation sites is 1. The second-order valence-corrected chi connectivity index (χ2v) is 6.18. The predicted molar refractivity (Wildman–Crippen MR) is 90.3 cm³/mol. The highest BCUT2D eigenvalue weighted by Gasteiger charge is 2.47. The molecule has 0 amide bonds. The van der Waals surface area contributed by atoms with Crippen LogP contribution in [0, 0.1) is 22.0 Å². The van der Waals surface area contributed by atoms with Gasteiger partial charge in [0.1, 0.15) is 5.78 Å². The van der Waals surface area contributed by atoms with Crippen molar-refractivity contribution in [3.8, 4) is 0 Å². The second kappa shape index (κ2) is 8.55. The summed E-state index contributed by atoms with van der Waals surface area (Å²) >= 11 is 0. The molecule has 0 aromatic heterocycles. The van der Waals surface area contributed by atoms with Gasteiger partial charge in [-0.15, -0.1) is 0 Å². The smallest absolute Gasteiger partial charge is 0.320 e. The number of rotatable bonds is 6. The standard InChI is InChI=1S/C18H21NO7/c1-25-17(21)16(18(22)26-2)15(12-8-4-6-10-14(12)20)11-7-3-5-9-13(11)19(23)24/h3,5,7,9,12,15-16H,4,6,8,10H2,1-2H3/t12-,15+/m1/s1. The number of carbonyl (C=O) groups is 3. The fourth-order valence-corrected chi connectivity index (χ4v) is 3.60. The Bertz CT molecular complexity index is 699. The van der Waals surface area contributed by atoms with Crippen molar-refractivity contribution in [3.05, 3.63) is 39.9 Å². The van der Waals surface area contributed by atoms with Gasteiger partial charge >= 0.3 is 11.9 Å². The summed E-state index contributed by atoms with van der Waals surface area (Å²) in [5.41, 5.74) is -0.0766. The molecule has 1 aromatic carbocycles. The Hall–Kier alpha value is -2.77. The molecule has 1 aromatic rings. The molecular formula is C18H21NO7. The minimum atomic E-state index is -1.45. The van der Waals surface area contributed by atoms with Gasteiger partial charge in [-0.1, -0.05) is 24.6 Å². The van der Waals surface area contributed by atoms with E-state index < -0.39 is 34.6 Å². The summed E-state index contributed by atoms with van der Waals surface area (Å²) in [5.74, 6) is -5.01. The highest BCUT2D eigenvalue weighted by Crippen LogP contribution is 2.43. The molecule has 8 heteroatoms. The number of hydrogen-bond donors (Lipinski definition) is 0. The SMILES string of the molecule is COC(=O)C(C(=O)OC)[C@@H](c1ccccc1[N+](=O)[O-])[C@@H]1CCCCC1=O. The van der Waals surface area contributed by atoms with Crippen molar-refractivity contribution in [1.82, 2.24) is 0 Å². The van der Waals surface area contributed by atoms with E-state index in [0.29, 0.717) is 12.8 Å². The fraction of sp³-hybridized carbons (Fsp3) is 0.500. The van der Waals surface area contributed by atoms with Crippen LogP contribution in [-0.2, 0) is 23.9 Å². The zero-order valence-corrected chi connectivity index (χ0v) is 14.7. The van der Waals surface area contributed by atoms with Gasteiger partial charge in [0.15, 0.2) is 5.92 Å². The summed E-state index contributed by atoms with van der Waals surface area (Å²) in [6.07, 6.45) is 2.22. The van der Waals surface area contributed by atoms with E-state index in [0.717, 1.165) is 27.1 Å². The van der Waals surface area contributed by atoms with E-state index in [2.05, 4.69) is 0 Å². The minimum Gasteiger partial charge on any atom is -0.468 e. The van der Waals surface area contributed by atoms with Gasteiger partial charge in [-0.05, 0) is 12.8 Å². The summed E-state index contributed by atoms with van der Waals surface area (Å²) in [6.45, 7) is 0. The van der Waals surface area contributed by atoms with Gasteiger partial charge in [0.25, 0.3) is 5.69 Å². The number of ether oxygens (including phenoxy) is 2. The van der Waals surface area contributed by atoms with Crippen molar-refractivity contribution >= 4 is 23.4 Å². The summed E-state index contributed by atoms with van der Waals surface area (Å²) in [4.78, 5) is 48.1. The highest BCUT2D eigenvalue weighted by atomic mass is 16.6. The first kappa shape index (κ1) is 19.6. The molecule has 140 valence electrons. The minimum absolute atomic E-state index is 0.114. The number of benzene rings is 1. The average molecular weight is 363 g/mol. The van der Waals surface area contributed by atoms with Gasteiger partial charge in [-0.2, -0.15) is 0 Å². The molecule has 0 aliphatic heterocycles. The van der Waals surface area contributed by atoms with Crippen molar-refractivity contribution in [2.45, 2.75) is 31.6 Å². The topological polar surface area (TPSA) is 113 Å². The lowest BCUT2D eigenvalue weighted by atomic mass is 9.69. The molecule has 0 unspecified atom stereocenters. The van der Waals surface area contributed by atoms with Crippen LogP contribution in [0.15, 0.2) is 24.3 Å². The normalized spacial score (nSPS) is 18.3. The van der Waals surface area contributed by atoms with Gasteiger partial charge in [-0.25, -0.2) is 0 Å². The molecule has 2 rings (SSSR count). The molecule has 0 radical (unpaired) electrons. The molecule has 0 heterocycles. The number of nitro groups is 1. The van der Waals surface area contributed by atoms with Gasteiger partial charge in [-0.3, -0.25) is 24.5 Å². The predicted octanol–water partition coefficient (Wildman–Crippen LogP) is 2.40. The number of Topliss-reactive ketones (excluding diaryl/α,β-unsaturated/α-hetero) is 1. The largest absolute Gasteiger partial charge is 0.468 e. The number of methoxy groups -OCH3 is 2. The van der Waals surface area contributed by atoms with Crippen molar-refractivity contribution in [3.63, 3.8) is 0 Å². The lowest BCUT2D eigenvalue weighted by Gasteiger charge is -2.32. The third-order valence-electron chi connectivity index (χ3n) is 4.80. The Balaban J connectivity index is 2.65. The summed E-state index contributed by atoms with van der Waals surface area (Å²) < 4.78 is 9.49. The molecule has 0 N–H and O–H groups in total. The number of nitrogens with zero attached hydrogens (tertiary/aromatic N) is 1. The Morgan fingerprint density at radius 1 is 1.15 bits per heavy atom. The molecule has 1 aliphatic rings. The van der Waals surface area contributed by atoms with Crippen LogP contribution in [0.25, 0.3) is 0 Å². The van der Waals surface area contributed by atoms with Crippen molar-refractivity contribution in [1.29, 1.82) is 0 Å². The van der Waals surface area contributed by atoms with Crippen LogP contribution in [0.3, 0.4) is 0 Å². The maximum atomic E-state index is 12.5. The second-order valence-electron chi connectivity index (χ2n) is 6.18. The van der Waals surface area contributed by atoms with Gasteiger partial charge in [0, 0.05) is 29.9 Å². The summed E-state index contributed by atoms with van der Waals surface area (Å²) in [7, 11) is 2.24. The monoisotopic (exact) mass is 363 g/mol. The highest BCUT2D eigenvalue weighted by molar-refractivity contribution is 5.97. The average Bonchev–Trinajstić information content (AvgIpc) is 2.65. The first-order chi connectivity index (χ1) is 12.4. The Morgan fingerprint density at radius 2 is 1.77 bits per heavy atom. The van der Waals surface area contributed by atoms with Crippen molar-refractivity contribution in [2.24, 2.45) is 11.8 Å². The lowest BCUT2D eigenvalue weighted by Crippen LogP contribution is -2.39. The van der Waals surface area contributed by atoms with E-state index in [4.69, 9.17) is 9.47 Å². The molecule has 2 atom stereocenters. The van der Waals surface area contributed by atoms with Crippen LogP contribution in [0.4, 0.5) is 5.69 Å². The molecule has 0 saturated heterocycles. The molecule has 1 fully saturated rings. The zero-order valence-electron chi connectivity index (χ0n) is 14.7. The molecule has 26 heavy (non-hydrogen) atoms. The van der Waals surface area contributed by atoms with Crippen LogP contribution in [-0.4, -0.2) is 36.9 Å². The van der Waals surface area contributed by atoms with E-state index >= 15 is 0 Å². The first-order valence-corrected chi connectivity index (χ1v) is 8.34. The van der Waals surface area contributed by atoms with Crippen LogP contribution in [0.2, 0.25) is 0 Å². The molecule has 0 spiro atoms. The Morgan fingerprint density at radius 3 is 2.31 bits per heavy atom. The molecule has 8 nitrogen and oxygen atoms in total. The molecule has 1 saturated carbocycles. The van der Waals surface area contributed by atoms with Crippen molar-refractivity contribution in [2.75, 3.05) is 14.2 Å². The first-order valence-electron chi connectivity index (χ1n) is 8.34. The van der Waals surface area contributed by atoms with E-state index in [1.165, 1.54) is 18.2 Å². The Labute approximate surface area is 150 Å². The third kappa shape index (κ3) is 3.89. The Kier molecular flexibility index (Phi) is 6.43. The maximum absolute atomic E-state index is 12.5. The number of hydrogen-bond acceptors (Lipinski definition) is 7. The van der Waals surface area contributed by atoms with Crippen LogP contribution in [0.1, 0.15) is 37.2 Å². The van der Waals surface area contributed by atoms with Gasteiger partial charge in [0.2, 0.25) is 0 Å². The number of nitro benzene ring substituents is 1. The van der Waals surface area contributed by atoms with E-state index in [-0.39, 0.29) is 17.0 Å². The van der Waals surface area contributed by atoms with E-state index in [9.17, 15) is 24.5 Å². The summed E-state index contributed by atoms with van der Waals surface area (Å²) in [6, 6.07) is 5.84. The van der Waals surface area contributed by atoms with Crippen LogP contribution in [0.5, 0.6) is 0 Å². The number of ketones is 1. The van der Waals surface area contributed by atoms with Crippen molar-refractivity contribution < 1.29 is 28.8 Å². The van der Waals surface area contributed by atoms with Crippen LogP contribution < -0.4 is 0 Å². The molecule has 0 bridgehead atoms. The maximum Gasteiger partial charge on any atom is 0.320 e. The third-order valence-corrected chi connectivity index (χ3v) is 4.80. The number of esters is 2. The lowest BCUT2D eigenvalue weighted by molar-refractivity contribution is -0.385. The fourth-order valence-electron chi connectivity index (χ4n) is 3.60. The summed E-state index contributed by atoms with van der Waals surface area (Å²) in [5, 5.41) is 11.5. The van der Waals surface area contributed by atoms with E-state index in [1.807, 2.05) is 0 Å². The quantitative estimate of drug-likeness (QED) is 0.330. The zero-order chi connectivity index (χ0) is 19.3. The van der Waals surface area contributed by atoms with Gasteiger partial charge in [0.05, 0.1) is 19.1 Å². The van der Waals surface area contributed by atoms with E-state index in [1.54, 1.807) is 6.07 Å². The number of carbonyl (C=O) groups excluding carboxylic acids is 3. The van der Waals surface area contributed by atoms with Crippen LogP contribution >= 0.6 is 0 Å². The molecular weight excluding hydrogens is 342 g/mol.